The smallest absolute Gasteiger partial charge is 0.146 e. The molecule has 6 atom stereocenters. The lowest BCUT2D eigenvalue weighted by atomic mass is 9.70. The molecule has 0 radical (unpaired) electrons. The first-order valence-electron chi connectivity index (χ1n) is 12.7. The lowest BCUT2D eigenvalue weighted by molar-refractivity contribution is 0.125. The molecule has 4 fully saturated rings. The van der Waals surface area contributed by atoms with Crippen molar-refractivity contribution in [1.82, 2.24) is 20.6 Å². The molecule has 1 aromatic carbocycles. The van der Waals surface area contributed by atoms with Gasteiger partial charge >= 0.3 is 0 Å². The third-order valence-corrected chi connectivity index (χ3v) is 9.50. The van der Waals surface area contributed by atoms with Crippen LogP contribution in [0.3, 0.4) is 0 Å². The Morgan fingerprint density at radius 2 is 1.39 bits per heavy atom. The van der Waals surface area contributed by atoms with Crippen molar-refractivity contribution in [2.45, 2.75) is 76.3 Å². The van der Waals surface area contributed by atoms with Crippen molar-refractivity contribution >= 4 is 33.5 Å². The molecule has 2 saturated carbocycles. The van der Waals surface area contributed by atoms with Gasteiger partial charge in [-0.2, -0.15) is 0 Å². The van der Waals surface area contributed by atoms with Crippen LogP contribution < -0.4 is 10.6 Å². The normalized spacial score (nSPS) is 36.0. The number of halogens is 1. The number of hydrogen-bond donors (Lipinski definition) is 2. The summed E-state index contributed by atoms with van der Waals surface area (Å²) in [6, 6.07) is 7.49. The summed E-state index contributed by atoms with van der Waals surface area (Å²) < 4.78 is 1.26. The second-order valence-electron chi connectivity index (χ2n) is 10.5. The van der Waals surface area contributed by atoms with Gasteiger partial charge in [0.1, 0.15) is 5.82 Å². The summed E-state index contributed by atoms with van der Waals surface area (Å²) >= 11 is 2.43. The molecule has 5 heteroatoms. The van der Waals surface area contributed by atoms with Crippen molar-refractivity contribution < 1.29 is 0 Å². The molecule has 4 nitrogen and oxygen atoms in total. The number of nitrogens with one attached hydrogen (secondary N) is 2. The monoisotopic (exact) mass is 530 g/mol. The fourth-order valence-corrected chi connectivity index (χ4v) is 7.80. The molecule has 3 heterocycles. The van der Waals surface area contributed by atoms with Crippen molar-refractivity contribution in [3.63, 3.8) is 0 Å². The van der Waals surface area contributed by atoms with E-state index in [4.69, 9.17) is 9.97 Å². The Morgan fingerprint density at radius 1 is 0.742 bits per heavy atom. The van der Waals surface area contributed by atoms with Crippen LogP contribution in [0.25, 0.3) is 10.9 Å². The number of hydrogen-bond acceptors (Lipinski definition) is 4. The summed E-state index contributed by atoms with van der Waals surface area (Å²) in [5.41, 5.74) is 2.43. The fraction of sp³-hybridized carbons (Fsp3) is 0.692. The van der Waals surface area contributed by atoms with Gasteiger partial charge in [-0.05, 0) is 103 Å². The Bertz CT molecular complexity index is 942. The first-order valence-corrected chi connectivity index (χ1v) is 13.8. The molecule has 166 valence electrons. The summed E-state index contributed by atoms with van der Waals surface area (Å²) in [4.78, 5) is 10.6. The highest BCUT2D eigenvalue weighted by atomic mass is 127. The van der Waals surface area contributed by atoms with Gasteiger partial charge < -0.3 is 10.6 Å². The molecule has 6 rings (SSSR count). The van der Waals surface area contributed by atoms with Crippen LogP contribution in [-0.2, 0) is 0 Å². The molecular formula is C26H35IN4. The maximum Gasteiger partial charge on any atom is 0.146 e. The highest BCUT2D eigenvalue weighted by Crippen LogP contribution is 2.45. The van der Waals surface area contributed by atoms with Crippen molar-refractivity contribution in [2.24, 2.45) is 23.7 Å². The highest BCUT2D eigenvalue weighted by Gasteiger charge is 2.40. The van der Waals surface area contributed by atoms with Crippen LogP contribution in [0.15, 0.2) is 18.2 Å². The van der Waals surface area contributed by atoms with Gasteiger partial charge in [-0.25, -0.2) is 9.97 Å². The zero-order valence-corrected chi connectivity index (χ0v) is 20.6. The van der Waals surface area contributed by atoms with E-state index < -0.39 is 0 Å². The summed E-state index contributed by atoms with van der Waals surface area (Å²) in [6.07, 6.45) is 13.7. The van der Waals surface area contributed by atoms with Gasteiger partial charge in [-0.1, -0.05) is 38.5 Å². The van der Waals surface area contributed by atoms with Crippen molar-refractivity contribution in [3.05, 3.63) is 33.3 Å². The summed E-state index contributed by atoms with van der Waals surface area (Å²) in [5, 5.41) is 9.04. The van der Waals surface area contributed by atoms with Crippen LogP contribution in [0, 0.1) is 27.2 Å². The van der Waals surface area contributed by atoms with E-state index in [9.17, 15) is 0 Å². The Hall–Kier alpha value is -0.790. The minimum Gasteiger partial charge on any atom is -0.308 e. The minimum absolute atomic E-state index is 0.325. The van der Waals surface area contributed by atoms with E-state index in [2.05, 4.69) is 51.4 Å². The fourth-order valence-electron chi connectivity index (χ4n) is 7.32. The molecule has 6 unspecified atom stereocenters. The molecule has 2 aliphatic heterocycles. The molecule has 31 heavy (non-hydrogen) atoms. The average Bonchev–Trinajstić information content (AvgIpc) is 2.82. The number of benzene rings is 1. The van der Waals surface area contributed by atoms with Crippen LogP contribution in [0.4, 0.5) is 0 Å². The summed E-state index contributed by atoms with van der Waals surface area (Å²) in [7, 11) is 0. The Kier molecular flexibility index (Phi) is 5.94. The zero-order chi connectivity index (χ0) is 20.8. The Balaban J connectivity index is 1.44. The SMILES string of the molecule is Ic1ccc2c(C3NCCC4CCCCC43)nc(C3NCCC4CCCCC43)nc2c1. The van der Waals surface area contributed by atoms with Crippen LogP contribution in [0.1, 0.15) is 87.8 Å². The van der Waals surface area contributed by atoms with Crippen molar-refractivity contribution in [3.8, 4) is 0 Å². The molecule has 2 N–H and O–H groups in total. The lowest BCUT2D eigenvalue weighted by Gasteiger charge is -2.43. The molecule has 4 aliphatic rings. The first-order chi connectivity index (χ1) is 15.3. The predicted molar refractivity (Wildman–Crippen MR) is 134 cm³/mol. The molecule has 0 amide bonds. The van der Waals surface area contributed by atoms with E-state index >= 15 is 0 Å². The van der Waals surface area contributed by atoms with Crippen LogP contribution in [0.5, 0.6) is 0 Å². The molecular weight excluding hydrogens is 495 g/mol. The lowest BCUT2D eigenvalue weighted by Crippen LogP contribution is -2.43. The van der Waals surface area contributed by atoms with E-state index in [-0.39, 0.29) is 0 Å². The largest absolute Gasteiger partial charge is 0.308 e. The molecule has 2 aliphatic carbocycles. The standard InChI is InChI=1S/C26H35IN4/c27-18-9-10-21-22(15-18)30-26(25-20-8-4-2-6-17(20)12-14-29-25)31-24(21)23-19-7-3-1-5-16(19)11-13-28-23/h9-10,15-17,19-20,23,25,28-29H,1-8,11-14H2. The van der Waals surface area contributed by atoms with Gasteiger partial charge in [0, 0.05) is 8.96 Å². The van der Waals surface area contributed by atoms with Crippen molar-refractivity contribution in [2.75, 3.05) is 13.1 Å². The van der Waals surface area contributed by atoms with Gasteiger partial charge in [-0.15, -0.1) is 0 Å². The average molecular weight is 530 g/mol. The number of fused-ring (bicyclic) bond motifs is 3. The van der Waals surface area contributed by atoms with Crippen LogP contribution in [-0.4, -0.2) is 23.1 Å². The minimum atomic E-state index is 0.325. The van der Waals surface area contributed by atoms with Gasteiger partial charge in [0.05, 0.1) is 23.3 Å². The van der Waals surface area contributed by atoms with Gasteiger partial charge in [-0.3, -0.25) is 0 Å². The highest BCUT2D eigenvalue weighted by molar-refractivity contribution is 14.1. The third kappa shape index (κ3) is 3.93. The maximum atomic E-state index is 5.42. The second kappa shape index (κ2) is 8.86. The molecule has 0 spiro atoms. The molecule has 2 aromatic rings. The maximum absolute atomic E-state index is 5.42. The Morgan fingerprint density at radius 3 is 2.13 bits per heavy atom. The second-order valence-corrected chi connectivity index (χ2v) is 11.7. The number of rotatable bonds is 2. The van der Waals surface area contributed by atoms with Crippen LogP contribution in [0.2, 0.25) is 0 Å². The topological polar surface area (TPSA) is 49.8 Å². The van der Waals surface area contributed by atoms with Crippen molar-refractivity contribution in [1.29, 1.82) is 0 Å². The first kappa shape index (κ1) is 20.8. The van der Waals surface area contributed by atoms with Crippen LogP contribution >= 0.6 is 22.6 Å². The number of piperidine rings is 2. The summed E-state index contributed by atoms with van der Waals surface area (Å²) in [6.45, 7) is 2.24. The number of nitrogens with zero attached hydrogens (tertiary/aromatic N) is 2. The molecule has 0 bridgehead atoms. The van der Waals surface area contributed by atoms with Gasteiger partial charge in [0.15, 0.2) is 0 Å². The summed E-state index contributed by atoms with van der Waals surface area (Å²) in [5.74, 6) is 4.23. The van der Waals surface area contributed by atoms with E-state index in [1.54, 1.807) is 0 Å². The van der Waals surface area contributed by atoms with Gasteiger partial charge in [0.2, 0.25) is 0 Å². The predicted octanol–water partition coefficient (Wildman–Crippen LogP) is 5.92. The van der Waals surface area contributed by atoms with E-state index in [1.807, 2.05) is 0 Å². The molecule has 2 saturated heterocycles. The van der Waals surface area contributed by atoms with E-state index in [1.165, 1.54) is 78.9 Å². The van der Waals surface area contributed by atoms with E-state index in [0.717, 1.165) is 42.2 Å². The van der Waals surface area contributed by atoms with Gasteiger partial charge in [0.25, 0.3) is 0 Å². The Labute approximate surface area is 199 Å². The third-order valence-electron chi connectivity index (χ3n) is 8.83. The quantitative estimate of drug-likeness (QED) is 0.474. The van der Waals surface area contributed by atoms with E-state index in [0.29, 0.717) is 18.0 Å². The zero-order valence-electron chi connectivity index (χ0n) is 18.5. The number of aromatic nitrogens is 2. The molecule has 1 aromatic heterocycles.